The molecule has 25 heavy (non-hydrogen) atoms. The number of piperidine rings is 1. The van der Waals surface area contributed by atoms with Gasteiger partial charge in [0.05, 0.1) is 19.7 Å². The number of methoxy groups -OCH3 is 1. The number of nitrogens with one attached hydrogen (secondary N) is 2. The Morgan fingerprint density at radius 2 is 1.84 bits per heavy atom. The van der Waals surface area contributed by atoms with E-state index in [0.29, 0.717) is 12.1 Å². The van der Waals surface area contributed by atoms with E-state index in [-0.39, 0.29) is 0 Å². The van der Waals surface area contributed by atoms with E-state index in [2.05, 4.69) is 48.4 Å². The molecule has 1 fully saturated rings. The molecule has 1 aliphatic rings. The zero-order valence-electron chi connectivity index (χ0n) is 16.2. The van der Waals surface area contributed by atoms with Crippen LogP contribution in [0.4, 0.5) is 0 Å². The lowest BCUT2D eigenvalue weighted by molar-refractivity contribution is 0.167. The highest BCUT2D eigenvalue weighted by Gasteiger charge is 2.22. The molecular weight excluding hydrogens is 312 g/mol. The van der Waals surface area contributed by atoms with Gasteiger partial charge in [-0.05, 0) is 64.4 Å². The second-order valence-electron chi connectivity index (χ2n) is 6.90. The van der Waals surface area contributed by atoms with Crippen molar-refractivity contribution in [2.75, 3.05) is 33.3 Å². The van der Waals surface area contributed by atoms with Crippen LogP contribution in [0.5, 0.6) is 5.75 Å². The normalized spacial score (nSPS) is 17.4. The highest BCUT2D eigenvalue weighted by atomic mass is 16.5. The number of guanidine groups is 1. The van der Waals surface area contributed by atoms with Crippen LogP contribution in [0.25, 0.3) is 0 Å². The average Bonchev–Trinajstić information content (AvgIpc) is 2.63. The standard InChI is InChI=1S/C20H34N4O/c1-5-21-20(23-16(2)3)22-15-19(24-13-7-6-8-14-24)17-9-11-18(25-4)12-10-17/h9-12,16,19H,5-8,13-15H2,1-4H3,(H2,21,22,23). The Labute approximate surface area is 152 Å². The Hall–Kier alpha value is -1.75. The van der Waals surface area contributed by atoms with Crippen LogP contribution in [-0.2, 0) is 0 Å². The third-order valence-electron chi connectivity index (χ3n) is 4.52. The first-order valence-corrected chi connectivity index (χ1v) is 9.57. The number of likely N-dealkylation sites (tertiary alicyclic amines) is 1. The number of hydrogen-bond donors (Lipinski definition) is 2. The van der Waals surface area contributed by atoms with E-state index < -0.39 is 0 Å². The third-order valence-corrected chi connectivity index (χ3v) is 4.52. The van der Waals surface area contributed by atoms with E-state index in [1.54, 1.807) is 7.11 Å². The van der Waals surface area contributed by atoms with Gasteiger partial charge in [0.25, 0.3) is 0 Å². The number of nitrogens with zero attached hydrogens (tertiary/aromatic N) is 2. The molecule has 1 aromatic rings. The summed E-state index contributed by atoms with van der Waals surface area (Å²) in [4.78, 5) is 7.45. The van der Waals surface area contributed by atoms with E-state index in [9.17, 15) is 0 Å². The molecule has 1 atom stereocenters. The minimum Gasteiger partial charge on any atom is -0.497 e. The van der Waals surface area contributed by atoms with Crippen LogP contribution in [0.15, 0.2) is 29.3 Å². The maximum Gasteiger partial charge on any atom is 0.191 e. The summed E-state index contributed by atoms with van der Waals surface area (Å²) in [5, 5.41) is 6.75. The summed E-state index contributed by atoms with van der Waals surface area (Å²) in [6, 6.07) is 9.13. The Kier molecular flexibility index (Phi) is 8.06. The van der Waals surface area contributed by atoms with Crippen molar-refractivity contribution in [1.29, 1.82) is 0 Å². The van der Waals surface area contributed by atoms with Crippen LogP contribution < -0.4 is 15.4 Å². The van der Waals surface area contributed by atoms with Crippen molar-refractivity contribution in [1.82, 2.24) is 15.5 Å². The van der Waals surface area contributed by atoms with Crippen LogP contribution in [0.2, 0.25) is 0 Å². The van der Waals surface area contributed by atoms with Gasteiger partial charge >= 0.3 is 0 Å². The molecule has 140 valence electrons. The molecule has 0 bridgehead atoms. The number of aliphatic imine (C=N–C) groups is 1. The lowest BCUT2D eigenvalue weighted by Gasteiger charge is -2.34. The third kappa shape index (κ3) is 6.24. The quantitative estimate of drug-likeness (QED) is 0.588. The summed E-state index contributed by atoms with van der Waals surface area (Å²) in [5.74, 6) is 1.80. The van der Waals surface area contributed by atoms with Crippen molar-refractivity contribution < 1.29 is 4.74 Å². The highest BCUT2D eigenvalue weighted by Crippen LogP contribution is 2.26. The van der Waals surface area contributed by atoms with Crippen molar-refractivity contribution in [3.8, 4) is 5.75 Å². The fourth-order valence-electron chi connectivity index (χ4n) is 3.26. The van der Waals surface area contributed by atoms with Gasteiger partial charge in [0, 0.05) is 12.6 Å². The second kappa shape index (κ2) is 10.3. The maximum absolute atomic E-state index is 5.31. The first kappa shape index (κ1) is 19.6. The minimum absolute atomic E-state index is 0.314. The molecule has 1 aromatic carbocycles. The van der Waals surface area contributed by atoms with Crippen molar-refractivity contribution in [3.05, 3.63) is 29.8 Å². The summed E-state index contributed by atoms with van der Waals surface area (Å²) in [7, 11) is 1.71. The van der Waals surface area contributed by atoms with Gasteiger partial charge in [0.15, 0.2) is 5.96 Å². The summed E-state index contributed by atoms with van der Waals surface area (Å²) >= 11 is 0. The van der Waals surface area contributed by atoms with Crippen LogP contribution in [0.3, 0.4) is 0 Å². The molecule has 1 aliphatic heterocycles. The van der Waals surface area contributed by atoms with Gasteiger partial charge in [-0.15, -0.1) is 0 Å². The number of hydrogen-bond acceptors (Lipinski definition) is 3. The van der Waals surface area contributed by atoms with E-state index in [1.807, 2.05) is 12.1 Å². The van der Waals surface area contributed by atoms with Gasteiger partial charge < -0.3 is 15.4 Å². The predicted molar refractivity (Wildman–Crippen MR) is 105 cm³/mol. The molecular formula is C20H34N4O. The zero-order valence-corrected chi connectivity index (χ0v) is 16.2. The Morgan fingerprint density at radius 1 is 1.16 bits per heavy atom. The first-order chi connectivity index (χ1) is 12.1. The molecule has 0 spiro atoms. The summed E-state index contributed by atoms with van der Waals surface area (Å²) in [6.07, 6.45) is 3.90. The number of rotatable bonds is 7. The molecule has 1 saturated heterocycles. The highest BCUT2D eigenvalue weighted by molar-refractivity contribution is 5.80. The first-order valence-electron chi connectivity index (χ1n) is 9.57. The monoisotopic (exact) mass is 346 g/mol. The van der Waals surface area contributed by atoms with Gasteiger partial charge in [-0.25, -0.2) is 0 Å². The van der Waals surface area contributed by atoms with Crippen molar-refractivity contribution >= 4 is 5.96 Å². The second-order valence-corrected chi connectivity index (χ2v) is 6.90. The predicted octanol–water partition coefficient (Wildman–Crippen LogP) is 3.19. The molecule has 5 nitrogen and oxygen atoms in total. The molecule has 0 saturated carbocycles. The van der Waals surface area contributed by atoms with Crippen molar-refractivity contribution in [3.63, 3.8) is 0 Å². The van der Waals surface area contributed by atoms with Crippen molar-refractivity contribution in [2.45, 2.75) is 52.1 Å². The van der Waals surface area contributed by atoms with Crippen LogP contribution >= 0.6 is 0 Å². The molecule has 1 heterocycles. The smallest absolute Gasteiger partial charge is 0.191 e. The molecule has 0 aromatic heterocycles. The summed E-state index contributed by atoms with van der Waals surface area (Å²) in [6.45, 7) is 10.3. The molecule has 0 aliphatic carbocycles. The van der Waals surface area contributed by atoms with E-state index in [0.717, 1.165) is 37.9 Å². The average molecular weight is 347 g/mol. The molecule has 0 amide bonds. The van der Waals surface area contributed by atoms with Crippen LogP contribution in [0.1, 0.15) is 51.6 Å². The fraction of sp³-hybridized carbons (Fsp3) is 0.650. The molecule has 5 heteroatoms. The molecule has 1 unspecified atom stereocenters. The van der Waals surface area contributed by atoms with Gasteiger partial charge in [-0.2, -0.15) is 0 Å². The molecule has 0 radical (unpaired) electrons. The molecule has 2 N–H and O–H groups in total. The van der Waals surface area contributed by atoms with E-state index >= 15 is 0 Å². The largest absolute Gasteiger partial charge is 0.497 e. The van der Waals surface area contributed by atoms with E-state index in [1.165, 1.54) is 24.8 Å². The van der Waals surface area contributed by atoms with Gasteiger partial charge in [-0.3, -0.25) is 9.89 Å². The van der Waals surface area contributed by atoms with Gasteiger partial charge in [-0.1, -0.05) is 18.6 Å². The summed E-state index contributed by atoms with van der Waals surface area (Å²) < 4.78 is 5.31. The minimum atomic E-state index is 0.314. The van der Waals surface area contributed by atoms with Crippen LogP contribution in [-0.4, -0.2) is 50.2 Å². The SMILES string of the molecule is CCNC(=NCC(c1ccc(OC)cc1)N1CCCCC1)NC(C)C. The van der Waals surface area contributed by atoms with Gasteiger partial charge in [0.2, 0.25) is 0 Å². The lowest BCUT2D eigenvalue weighted by Crippen LogP contribution is -2.42. The van der Waals surface area contributed by atoms with Gasteiger partial charge in [0.1, 0.15) is 5.75 Å². The Bertz CT molecular complexity index is 521. The molecule has 2 rings (SSSR count). The summed E-state index contributed by atoms with van der Waals surface area (Å²) in [5.41, 5.74) is 1.31. The lowest BCUT2D eigenvalue weighted by atomic mass is 10.0. The Morgan fingerprint density at radius 3 is 2.40 bits per heavy atom. The van der Waals surface area contributed by atoms with E-state index in [4.69, 9.17) is 9.73 Å². The number of benzene rings is 1. The zero-order chi connectivity index (χ0) is 18.1. The maximum atomic E-state index is 5.31. The number of ether oxygens (including phenoxy) is 1. The topological polar surface area (TPSA) is 48.9 Å². The van der Waals surface area contributed by atoms with Crippen molar-refractivity contribution in [2.24, 2.45) is 4.99 Å². The van der Waals surface area contributed by atoms with Crippen LogP contribution in [0, 0.1) is 0 Å². The Balaban J connectivity index is 2.17. The fourth-order valence-corrected chi connectivity index (χ4v) is 3.26.